The van der Waals surface area contributed by atoms with E-state index in [1.807, 2.05) is 17.0 Å². The monoisotopic (exact) mass is 410 g/mol. The molecular weight excluding hydrogens is 387 g/mol. The molecule has 8 heteroatoms. The Morgan fingerprint density at radius 2 is 1.96 bits per heavy atom. The lowest BCUT2D eigenvalue weighted by Crippen LogP contribution is -2.49. The lowest BCUT2D eigenvalue weighted by Gasteiger charge is -2.32. The molecule has 1 unspecified atom stereocenters. The highest BCUT2D eigenvalue weighted by Crippen LogP contribution is 2.22. The minimum atomic E-state index is 0. The summed E-state index contributed by atoms with van der Waals surface area (Å²) in [6.45, 7) is 5.87. The molecule has 1 amide bonds. The number of nitrogens with zero attached hydrogens (tertiary/aromatic N) is 3. The van der Waals surface area contributed by atoms with Crippen molar-refractivity contribution in [3.8, 4) is 11.5 Å². The van der Waals surface area contributed by atoms with E-state index in [-0.39, 0.29) is 24.7 Å². The molecule has 1 N–H and O–H groups in total. The van der Waals surface area contributed by atoms with Gasteiger partial charge in [-0.3, -0.25) is 9.69 Å². The Labute approximate surface area is 170 Å². The number of piperazine rings is 1. The van der Waals surface area contributed by atoms with Crippen molar-refractivity contribution < 1.29 is 9.21 Å². The zero-order chi connectivity index (χ0) is 17.9. The fraction of sp³-hybridized carbons (Fsp3) is 0.474. The molecule has 1 aromatic carbocycles. The van der Waals surface area contributed by atoms with Gasteiger partial charge in [-0.15, -0.1) is 12.4 Å². The number of rotatable bonds is 4. The molecule has 27 heavy (non-hydrogen) atoms. The van der Waals surface area contributed by atoms with Gasteiger partial charge in [0.1, 0.15) is 6.26 Å². The molecule has 0 bridgehead atoms. The predicted molar refractivity (Wildman–Crippen MR) is 107 cm³/mol. The Morgan fingerprint density at radius 1 is 1.22 bits per heavy atom. The van der Waals surface area contributed by atoms with Gasteiger partial charge in [0.2, 0.25) is 11.8 Å². The summed E-state index contributed by atoms with van der Waals surface area (Å²) in [6, 6.07) is 7.80. The Balaban J connectivity index is 0.00000210. The van der Waals surface area contributed by atoms with Crippen molar-refractivity contribution in [1.29, 1.82) is 0 Å². The molecule has 0 spiro atoms. The summed E-state index contributed by atoms with van der Waals surface area (Å²) in [5.74, 6) is 0.642. The number of hydrogen-bond acceptors (Lipinski definition) is 5. The topological polar surface area (TPSA) is 61.6 Å². The van der Waals surface area contributed by atoms with E-state index in [0.717, 1.165) is 51.3 Å². The molecule has 2 aromatic rings. The van der Waals surface area contributed by atoms with E-state index in [4.69, 9.17) is 16.0 Å². The second-order valence-electron chi connectivity index (χ2n) is 6.90. The maximum absolute atomic E-state index is 12.6. The van der Waals surface area contributed by atoms with Crippen LogP contribution in [0.5, 0.6) is 0 Å². The minimum absolute atomic E-state index is 0. The quantitative estimate of drug-likeness (QED) is 0.838. The first-order chi connectivity index (χ1) is 12.7. The Kier molecular flexibility index (Phi) is 6.76. The summed E-state index contributed by atoms with van der Waals surface area (Å²) < 4.78 is 5.53. The summed E-state index contributed by atoms with van der Waals surface area (Å²) in [7, 11) is 0. The van der Waals surface area contributed by atoms with E-state index in [2.05, 4.69) is 15.2 Å². The maximum atomic E-state index is 12.6. The second kappa shape index (κ2) is 9.06. The lowest BCUT2D eigenvalue weighted by molar-refractivity contribution is -0.129. The summed E-state index contributed by atoms with van der Waals surface area (Å²) in [5, 5.41) is 4.05. The van der Waals surface area contributed by atoms with Gasteiger partial charge >= 0.3 is 0 Å². The zero-order valence-electron chi connectivity index (χ0n) is 15.1. The molecule has 1 aromatic heterocycles. The molecule has 2 saturated heterocycles. The van der Waals surface area contributed by atoms with Gasteiger partial charge in [0.15, 0.2) is 0 Å². The minimum Gasteiger partial charge on any atom is -0.444 e. The number of carbonyl (C=O) groups is 1. The van der Waals surface area contributed by atoms with Crippen LogP contribution in [0.3, 0.4) is 0 Å². The van der Waals surface area contributed by atoms with Crippen molar-refractivity contribution in [2.75, 3.05) is 39.3 Å². The van der Waals surface area contributed by atoms with Crippen LogP contribution in [0.15, 0.2) is 34.9 Å². The van der Waals surface area contributed by atoms with Gasteiger partial charge in [0, 0.05) is 55.9 Å². The molecule has 2 aliphatic rings. The highest BCUT2D eigenvalue weighted by atomic mass is 35.5. The first kappa shape index (κ1) is 20.1. The predicted octanol–water partition coefficient (Wildman–Crippen LogP) is 2.47. The molecule has 4 rings (SSSR count). The van der Waals surface area contributed by atoms with Crippen LogP contribution < -0.4 is 5.32 Å². The molecular formula is C19H24Cl2N4O2. The summed E-state index contributed by atoms with van der Waals surface area (Å²) in [4.78, 5) is 21.5. The maximum Gasteiger partial charge on any atom is 0.228 e. The van der Waals surface area contributed by atoms with Crippen LogP contribution in [0, 0.1) is 0 Å². The first-order valence-electron chi connectivity index (χ1n) is 9.12. The molecule has 0 saturated carbocycles. The largest absolute Gasteiger partial charge is 0.444 e. The number of benzene rings is 1. The highest BCUT2D eigenvalue weighted by molar-refractivity contribution is 6.30. The van der Waals surface area contributed by atoms with Gasteiger partial charge in [-0.2, -0.15) is 0 Å². The third kappa shape index (κ3) is 4.82. The lowest BCUT2D eigenvalue weighted by atomic mass is 10.2. The van der Waals surface area contributed by atoms with Crippen LogP contribution in [0.2, 0.25) is 5.02 Å². The number of oxazole rings is 1. The van der Waals surface area contributed by atoms with Gasteiger partial charge in [0.25, 0.3) is 0 Å². The summed E-state index contributed by atoms with van der Waals surface area (Å²) >= 11 is 5.91. The second-order valence-corrected chi connectivity index (χ2v) is 7.33. The third-order valence-electron chi connectivity index (χ3n) is 5.16. The highest BCUT2D eigenvalue weighted by Gasteiger charge is 2.31. The van der Waals surface area contributed by atoms with E-state index < -0.39 is 0 Å². The number of halogens is 2. The molecule has 0 radical (unpaired) electrons. The average Bonchev–Trinajstić information content (AvgIpc) is 3.33. The fourth-order valence-corrected chi connectivity index (χ4v) is 3.82. The third-order valence-corrected chi connectivity index (χ3v) is 5.41. The van der Waals surface area contributed by atoms with E-state index in [0.29, 0.717) is 22.6 Å². The van der Waals surface area contributed by atoms with Crippen molar-refractivity contribution in [2.24, 2.45) is 0 Å². The number of likely N-dealkylation sites (tertiary alicyclic amines) is 1. The SMILES string of the molecule is Cl.O=C(Cc1coc(-c2ccc(Cl)cc2)n1)N1CCC(N2CCNCC2)C1. The van der Waals surface area contributed by atoms with Gasteiger partial charge in [-0.25, -0.2) is 4.98 Å². The number of aromatic nitrogens is 1. The normalized spacial score (nSPS) is 20.5. The van der Waals surface area contributed by atoms with Crippen LogP contribution in [0.25, 0.3) is 11.5 Å². The van der Waals surface area contributed by atoms with E-state index in [1.165, 1.54) is 0 Å². The van der Waals surface area contributed by atoms with Crippen LogP contribution in [-0.2, 0) is 11.2 Å². The molecule has 2 aliphatic heterocycles. The first-order valence-corrected chi connectivity index (χ1v) is 9.50. The van der Waals surface area contributed by atoms with Crippen LogP contribution in [-0.4, -0.2) is 66.0 Å². The van der Waals surface area contributed by atoms with Crippen molar-refractivity contribution in [3.63, 3.8) is 0 Å². The molecule has 0 aliphatic carbocycles. The van der Waals surface area contributed by atoms with Gasteiger partial charge in [-0.05, 0) is 30.7 Å². The molecule has 1 atom stereocenters. The number of amides is 1. The van der Waals surface area contributed by atoms with Crippen LogP contribution >= 0.6 is 24.0 Å². The Bertz CT molecular complexity index is 759. The van der Waals surface area contributed by atoms with E-state index in [1.54, 1.807) is 18.4 Å². The smallest absolute Gasteiger partial charge is 0.228 e. The van der Waals surface area contributed by atoms with Crippen molar-refractivity contribution in [1.82, 2.24) is 20.1 Å². The standard InChI is InChI=1S/C19H23ClN4O2.ClH/c20-15-3-1-14(2-4-15)19-22-16(13-26-19)11-18(25)24-8-5-17(12-24)23-9-6-21-7-10-23;/h1-4,13,17,21H,5-12H2;1H. The number of carbonyl (C=O) groups excluding carboxylic acids is 1. The molecule has 6 nitrogen and oxygen atoms in total. The Hall–Kier alpha value is -1.60. The summed E-state index contributed by atoms with van der Waals surface area (Å²) in [5.41, 5.74) is 1.53. The average molecular weight is 411 g/mol. The van der Waals surface area contributed by atoms with Gasteiger partial charge < -0.3 is 14.6 Å². The van der Waals surface area contributed by atoms with Gasteiger partial charge in [0.05, 0.1) is 12.1 Å². The van der Waals surface area contributed by atoms with E-state index in [9.17, 15) is 4.79 Å². The van der Waals surface area contributed by atoms with E-state index >= 15 is 0 Å². The number of nitrogens with one attached hydrogen (secondary N) is 1. The zero-order valence-corrected chi connectivity index (χ0v) is 16.6. The van der Waals surface area contributed by atoms with Crippen molar-refractivity contribution >= 4 is 29.9 Å². The van der Waals surface area contributed by atoms with Crippen molar-refractivity contribution in [3.05, 3.63) is 41.2 Å². The fourth-order valence-electron chi connectivity index (χ4n) is 3.69. The molecule has 3 heterocycles. The van der Waals surface area contributed by atoms with Crippen molar-refractivity contribution in [2.45, 2.75) is 18.9 Å². The Morgan fingerprint density at radius 3 is 2.70 bits per heavy atom. The summed E-state index contributed by atoms with van der Waals surface area (Å²) in [6.07, 6.45) is 2.91. The number of hydrogen-bond donors (Lipinski definition) is 1. The van der Waals surface area contributed by atoms with Crippen LogP contribution in [0.4, 0.5) is 0 Å². The molecule has 2 fully saturated rings. The van der Waals surface area contributed by atoms with Gasteiger partial charge in [-0.1, -0.05) is 11.6 Å². The van der Waals surface area contributed by atoms with Crippen LogP contribution in [0.1, 0.15) is 12.1 Å². The molecule has 146 valence electrons.